The molecule has 2 heterocycles. The topological polar surface area (TPSA) is 66.9 Å². The molecule has 4 aromatic rings. The first-order valence-corrected chi connectivity index (χ1v) is 12.3. The van der Waals surface area contributed by atoms with Gasteiger partial charge in [-0.15, -0.1) is 0 Å². The highest BCUT2D eigenvalue weighted by atomic mass is 32.1. The van der Waals surface area contributed by atoms with Gasteiger partial charge in [-0.3, -0.25) is 4.79 Å². The summed E-state index contributed by atoms with van der Waals surface area (Å²) in [6.07, 6.45) is 1.10. The van der Waals surface area contributed by atoms with Gasteiger partial charge in [-0.25, -0.2) is 9.37 Å². The van der Waals surface area contributed by atoms with Crippen molar-refractivity contribution in [3.8, 4) is 22.4 Å². The molecule has 0 unspecified atom stereocenters. The molecule has 1 aliphatic carbocycles. The fourth-order valence-corrected chi connectivity index (χ4v) is 5.62. The lowest BCUT2D eigenvalue weighted by atomic mass is 9.98. The van der Waals surface area contributed by atoms with Crippen molar-refractivity contribution in [2.45, 2.75) is 31.3 Å². The Labute approximate surface area is 205 Å². The molecular formula is C27H22FNO5S. The SMILES string of the molecule is COC(=O)C[C@@H]1COc2cc(O[C@@H]3CCc4c(Oc5nc6ccccc6s5)ccc(F)c43)ccc21. The molecule has 0 radical (unpaired) electrons. The Morgan fingerprint density at radius 3 is 2.94 bits per heavy atom. The van der Waals surface area contributed by atoms with Gasteiger partial charge in [0.25, 0.3) is 5.19 Å². The molecule has 3 aromatic carbocycles. The number of para-hydroxylation sites is 1. The number of benzene rings is 3. The van der Waals surface area contributed by atoms with E-state index in [2.05, 4.69) is 4.98 Å². The first kappa shape index (κ1) is 21.9. The molecule has 2 atom stereocenters. The van der Waals surface area contributed by atoms with E-state index in [1.807, 2.05) is 42.5 Å². The zero-order valence-corrected chi connectivity index (χ0v) is 19.8. The largest absolute Gasteiger partial charge is 0.492 e. The second kappa shape index (κ2) is 8.85. The number of fused-ring (bicyclic) bond motifs is 3. The molecule has 0 fully saturated rings. The number of carbonyl (C=O) groups excluding carboxylic acids is 1. The van der Waals surface area contributed by atoms with E-state index in [1.165, 1.54) is 24.5 Å². The van der Waals surface area contributed by atoms with Crippen LogP contribution in [0.2, 0.25) is 0 Å². The van der Waals surface area contributed by atoms with Crippen molar-refractivity contribution in [1.29, 1.82) is 0 Å². The molecule has 0 amide bonds. The Kier molecular flexibility index (Phi) is 5.53. The van der Waals surface area contributed by atoms with Crippen LogP contribution >= 0.6 is 11.3 Å². The number of carbonyl (C=O) groups is 1. The third kappa shape index (κ3) is 4.08. The minimum Gasteiger partial charge on any atom is -0.492 e. The Hall–Kier alpha value is -3.65. The number of hydrogen-bond acceptors (Lipinski definition) is 7. The number of aromatic nitrogens is 1. The maximum atomic E-state index is 14.9. The van der Waals surface area contributed by atoms with Crippen LogP contribution in [-0.2, 0) is 16.0 Å². The first-order chi connectivity index (χ1) is 17.1. The second-order valence-corrected chi connectivity index (χ2v) is 9.61. The molecule has 0 spiro atoms. The lowest BCUT2D eigenvalue weighted by Gasteiger charge is -2.17. The van der Waals surface area contributed by atoms with E-state index in [4.69, 9.17) is 18.9 Å². The highest BCUT2D eigenvalue weighted by Crippen LogP contribution is 2.45. The van der Waals surface area contributed by atoms with E-state index < -0.39 is 6.10 Å². The van der Waals surface area contributed by atoms with Crippen LogP contribution in [0.15, 0.2) is 54.6 Å². The molecule has 178 valence electrons. The fourth-order valence-electron chi connectivity index (χ4n) is 4.79. The van der Waals surface area contributed by atoms with Gasteiger partial charge in [-0.2, -0.15) is 0 Å². The highest BCUT2D eigenvalue weighted by Gasteiger charge is 2.32. The normalized spacial score (nSPS) is 18.1. The number of halogens is 1. The fraction of sp³-hybridized carbons (Fsp3) is 0.259. The maximum Gasteiger partial charge on any atom is 0.306 e. The van der Waals surface area contributed by atoms with Gasteiger partial charge in [0, 0.05) is 28.7 Å². The van der Waals surface area contributed by atoms with E-state index in [0.29, 0.717) is 47.5 Å². The van der Waals surface area contributed by atoms with Crippen LogP contribution in [0.4, 0.5) is 4.39 Å². The van der Waals surface area contributed by atoms with E-state index >= 15 is 0 Å². The van der Waals surface area contributed by atoms with Crippen molar-refractivity contribution >= 4 is 27.5 Å². The number of nitrogens with zero attached hydrogens (tertiary/aromatic N) is 1. The summed E-state index contributed by atoms with van der Waals surface area (Å²) in [6.45, 7) is 0.418. The molecular weight excluding hydrogens is 469 g/mol. The lowest BCUT2D eigenvalue weighted by molar-refractivity contribution is -0.141. The minimum atomic E-state index is -0.436. The van der Waals surface area contributed by atoms with Gasteiger partial charge >= 0.3 is 5.97 Å². The summed E-state index contributed by atoms with van der Waals surface area (Å²) in [5.74, 6) is 1.26. The minimum absolute atomic E-state index is 0.0432. The molecule has 0 bridgehead atoms. The molecule has 2 aliphatic rings. The van der Waals surface area contributed by atoms with Crippen molar-refractivity contribution in [2.24, 2.45) is 0 Å². The van der Waals surface area contributed by atoms with Gasteiger partial charge < -0.3 is 18.9 Å². The summed E-state index contributed by atoms with van der Waals surface area (Å²) in [5.41, 5.74) is 3.16. The van der Waals surface area contributed by atoms with Crippen LogP contribution < -0.4 is 14.2 Å². The van der Waals surface area contributed by atoms with Gasteiger partial charge in [0.2, 0.25) is 0 Å². The summed E-state index contributed by atoms with van der Waals surface area (Å²) >= 11 is 1.46. The van der Waals surface area contributed by atoms with E-state index in [0.717, 1.165) is 21.3 Å². The van der Waals surface area contributed by atoms with E-state index in [1.54, 1.807) is 6.07 Å². The molecule has 6 nitrogen and oxygen atoms in total. The summed E-state index contributed by atoms with van der Waals surface area (Å²) in [5, 5.41) is 0.529. The number of hydrogen-bond donors (Lipinski definition) is 0. The standard InChI is InChI=1S/C27H22FNO5S/c1-31-25(30)12-15-14-32-23-13-16(6-7-17(15)23)33-22-10-8-18-21(11-9-19(28)26(18)22)34-27-29-20-4-2-3-5-24(20)35-27/h2-7,9,11,13,15,22H,8,10,12,14H2,1H3/t15-,22-/m1/s1. The molecule has 35 heavy (non-hydrogen) atoms. The lowest BCUT2D eigenvalue weighted by Crippen LogP contribution is -2.09. The quantitative estimate of drug-likeness (QED) is 0.294. The van der Waals surface area contributed by atoms with Crippen LogP contribution in [0.5, 0.6) is 22.4 Å². The Morgan fingerprint density at radius 2 is 2.09 bits per heavy atom. The Bertz CT molecular complexity index is 1400. The van der Waals surface area contributed by atoms with Gasteiger partial charge in [0.05, 0.1) is 30.4 Å². The van der Waals surface area contributed by atoms with Crippen LogP contribution in [-0.4, -0.2) is 24.7 Å². The zero-order chi connectivity index (χ0) is 23.9. The van der Waals surface area contributed by atoms with Crippen LogP contribution in [0.3, 0.4) is 0 Å². The third-order valence-electron chi connectivity index (χ3n) is 6.49. The number of methoxy groups -OCH3 is 1. The Balaban J connectivity index is 1.23. The highest BCUT2D eigenvalue weighted by molar-refractivity contribution is 7.20. The molecule has 1 aliphatic heterocycles. The van der Waals surface area contributed by atoms with Crippen molar-refractivity contribution in [3.05, 3.63) is 77.1 Å². The van der Waals surface area contributed by atoms with Crippen LogP contribution in [0.1, 0.15) is 41.6 Å². The Morgan fingerprint density at radius 1 is 1.20 bits per heavy atom. The average molecular weight is 492 g/mol. The summed E-state index contributed by atoms with van der Waals surface area (Å²) < 4.78 is 38.9. The third-order valence-corrected chi connectivity index (χ3v) is 7.41. The van der Waals surface area contributed by atoms with E-state index in [-0.39, 0.29) is 24.1 Å². The van der Waals surface area contributed by atoms with Gasteiger partial charge in [-0.1, -0.05) is 29.5 Å². The predicted octanol–water partition coefficient (Wildman–Crippen LogP) is 6.33. The number of thiazole rings is 1. The van der Waals surface area contributed by atoms with Gasteiger partial charge in [0.1, 0.15) is 29.2 Å². The molecule has 0 saturated carbocycles. The van der Waals surface area contributed by atoms with Crippen molar-refractivity contribution < 1.29 is 28.1 Å². The summed E-state index contributed by atoms with van der Waals surface area (Å²) in [7, 11) is 1.38. The second-order valence-electron chi connectivity index (χ2n) is 8.62. The monoisotopic (exact) mass is 491 g/mol. The summed E-state index contributed by atoms with van der Waals surface area (Å²) in [6, 6.07) is 16.5. The maximum absolute atomic E-state index is 14.9. The molecule has 6 rings (SSSR count). The molecule has 8 heteroatoms. The van der Waals surface area contributed by atoms with Crippen LogP contribution in [0, 0.1) is 5.82 Å². The summed E-state index contributed by atoms with van der Waals surface area (Å²) in [4.78, 5) is 16.2. The predicted molar refractivity (Wildman–Crippen MR) is 129 cm³/mol. The number of rotatable bonds is 6. The van der Waals surface area contributed by atoms with E-state index in [9.17, 15) is 9.18 Å². The molecule has 0 N–H and O–H groups in total. The molecule has 1 aromatic heterocycles. The average Bonchev–Trinajstić information content (AvgIpc) is 3.58. The number of ether oxygens (including phenoxy) is 4. The van der Waals surface area contributed by atoms with Crippen LogP contribution in [0.25, 0.3) is 10.2 Å². The van der Waals surface area contributed by atoms with Crippen molar-refractivity contribution in [3.63, 3.8) is 0 Å². The zero-order valence-electron chi connectivity index (χ0n) is 19.0. The van der Waals surface area contributed by atoms with Gasteiger partial charge in [-0.05, 0) is 43.2 Å². The van der Waals surface area contributed by atoms with Crippen molar-refractivity contribution in [2.75, 3.05) is 13.7 Å². The smallest absolute Gasteiger partial charge is 0.306 e. The molecule has 0 saturated heterocycles. The van der Waals surface area contributed by atoms with Crippen molar-refractivity contribution in [1.82, 2.24) is 4.98 Å². The first-order valence-electron chi connectivity index (χ1n) is 11.4. The van der Waals surface area contributed by atoms with Gasteiger partial charge in [0.15, 0.2) is 0 Å². The number of esters is 1.